The first kappa shape index (κ1) is 117. The van der Waals surface area contributed by atoms with Gasteiger partial charge in [-0.25, -0.2) is 4.70 Å². The van der Waals surface area contributed by atoms with Crippen LogP contribution in [0.25, 0.3) is 16.9 Å². The first-order chi connectivity index (χ1) is 59.0. The van der Waals surface area contributed by atoms with E-state index in [0.717, 1.165) is 68.3 Å². The molecule has 1 aliphatic rings. The first-order valence-corrected chi connectivity index (χ1v) is 55.0. The summed E-state index contributed by atoms with van der Waals surface area (Å²) in [5.41, 5.74) is 20.3. The Morgan fingerprint density at radius 1 is 0.225 bits per heavy atom. The van der Waals surface area contributed by atoms with Crippen LogP contribution >= 0.6 is 0 Å². The second-order valence-corrected chi connectivity index (χ2v) is 38.0. The van der Waals surface area contributed by atoms with Crippen LogP contribution in [0.2, 0.25) is 0 Å². The smallest absolute Gasteiger partial charge is 0.493 e. The molecule has 1 heterocycles. The van der Waals surface area contributed by atoms with Crippen LogP contribution in [-0.2, 0) is 29.3 Å². The van der Waals surface area contributed by atoms with Crippen LogP contribution in [0.4, 0.5) is 0 Å². The number of allylic oxidation sites excluding steroid dienone is 6. The fourth-order valence-electron chi connectivity index (χ4n) is 18.2. The zero-order valence-corrected chi connectivity index (χ0v) is 83.3. The van der Waals surface area contributed by atoms with E-state index in [1.807, 2.05) is 0 Å². The van der Waals surface area contributed by atoms with Gasteiger partial charge in [-0.2, -0.15) is 12.8 Å². The predicted octanol–water partition coefficient (Wildman–Crippen LogP) is 42.8. The molecule has 0 spiro atoms. The molecule has 0 bridgehead atoms. The fourth-order valence-corrected chi connectivity index (χ4v) is 18.2. The topological polar surface area (TPSA) is 25.3 Å². The molecule has 0 aromatic heterocycles. The Labute approximate surface area is 766 Å². The molecule has 0 radical (unpaired) electrons. The van der Waals surface area contributed by atoms with E-state index < -0.39 is 0 Å². The number of nitrogens with zero attached hydrogens (tertiary/aromatic N) is 2. The van der Waals surface area contributed by atoms with Crippen LogP contribution < -0.4 is 0 Å². The molecule has 2 aromatic rings. The number of hydrogen-bond acceptors (Lipinski definition) is 0. The average Bonchev–Trinajstić information content (AvgIpc) is 1.62. The van der Waals surface area contributed by atoms with Gasteiger partial charge in [-0.05, 0) is 87.5 Å². The van der Waals surface area contributed by atoms with Crippen molar-refractivity contribution in [2.24, 2.45) is 0 Å². The maximum absolute atomic E-state index is 12.1. The van der Waals surface area contributed by atoms with Gasteiger partial charge in [-0.3, -0.25) is 0 Å². The summed E-state index contributed by atoms with van der Waals surface area (Å²) in [4.78, 5) is 0. The van der Waals surface area contributed by atoms with E-state index in [0.29, 0.717) is 0 Å². The van der Waals surface area contributed by atoms with Crippen molar-refractivity contribution >= 4 is 11.4 Å². The average molecular weight is 1710 g/mol. The predicted molar refractivity (Wildman–Crippen MR) is 542 cm³/mol. The molecular weight excluding hydrogens is 1490 g/mol. The van der Waals surface area contributed by atoms with E-state index in [9.17, 15) is 5.53 Å². The van der Waals surface area contributed by atoms with Crippen molar-refractivity contribution in [1.29, 1.82) is 0 Å². The molecule has 0 unspecified atom stereocenters. The van der Waals surface area contributed by atoms with Gasteiger partial charge in [0.25, 0.3) is 0 Å². The third-order valence-corrected chi connectivity index (χ3v) is 26.3. The summed E-state index contributed by atoms with van der Waals surface area (Å²) < 4.78 is 1.54. The van der Waals surface area contributed by atoms with E-state index in [1.54, 1.807) is 0 Å². The molecule has 120 heavy (non-hydrogen) atoms. The number of hydrogen-bond donors (Lipinski definition) is 0. The van der Waals surface area contributed by atoms with Crippen molar-refractivity contribution in [3.8, 4) is 0 Å². The van der Waals surface area contributed by atoms with Crippen LogP contribution in [0.15, 0.2) is 84.5 Å². The Morgan fingerprint density at radius 2 is 0.417 bits per heavy atom. The second-order valence-electron chi connectivity index (χ2n) is 38.0. The van der Waals surface area contributed by atoms with Gasteiger partial charge in [0.15, 0.2) is 0 Å². The molecule has 0 amide bonds. The summed E-state index contributed by atoms with van der Waals surface area (Å²) in [5, 5.41) is 0. The Hall–Kier alpha value is -2.51. The molecule has 2 aromatic carbocycles. The van der Waals surface area contributed by atoms with Crippen molar-refractivity contribution in [2.75, 3.05) is 0 Å². The first-order valence-electron chi connectivity index (χ1n) is 55.0. The zero-order chi connectivity index (χ0) is 85.5. The van der Waals surface area contributed by atoms with Crippen molar-refractivity contribution in [1.82, 2.24) is 0 Å². The minimum absolute atomic E-state index is 0. The maximum atomic E-state index is 12.1. The molecule has 0 saturated carbocycles. The quantitative estimate of drug-likeness (QED) is 0.0207. The van der Waals surface area contributed by atoms with Gasteiger partial charge in [0.2, 0.25) is 11.4 Å². The summed E-state index contributed by atoms with van der Waals surface area (Å²) in [6.45, 7) is 19.3. The van der Waals surface area contributed by atoms with Gasteiger partial charge in [0, 0.05) is 22.8 Å². The summed E-state index contributed by atoms with van der Waals surface area (Å²) in [6.07, 6.45) is 138. The molecule has 0 saturated heterocycles. The number of rotatable bonds is 92. The summed E-state index contributed by atoms with van der Waals surface area (Å²) in [6, 6.07) is 17.6. The van der Waals surface area contributed by atoms with Gasteiger partial charge in [-0.1, -0.05) is 596 Å². The molecular formula is C117H212N2Ni. The maximum Gasteiger partial charge on any atom is 2.00 e. The minimum atomic E-state index is 0. The van der Waals surface area contributed by atoms with Gasteiger partial charge >= 0.3 is 16.5 Å². The van der Waals surface area contributed by atoms with E-state index in [2.05, 4.69) is 127 Å². The van der Waals surface area contributed by atoms with E-state index in [-0.39, 0.29) is 16.5 Å². The van der Waals surface area contributed by atoms with Crippen LogP contribution in [0.3, 0.4) is 0 Å². The molecule has 0 atom stereocenters. The summed E-state index contributed by atoms with van der Waals surface area (Å²) in [5.74, 6) is 0. The Morgan fingerprint density at radius 3 is 0.658 bits per heavy atom. The largest absolute Gasteiger partial charge is 2.00 e. The molecule has 700 valence electrons. The molecule has 0 N–H and O–H groups in total. The van der Waals surface area contributed by atoms with Crippen molar-refractivity contribution in [3.05, 3.63) is 126 Å². The van der Waals surface area contributed by atoms with Gasteiger partial charge in [0.05, 0.1) is 0 Å². The molecule has 3 heteroatoms. The summed E-state index contributed by atoms with van der Waals surface area (Å²) >= 11 is 0. The summed E-state index contributed by atoms with van der Waals surface area (Å²) in [7, 11) is 0. The standard InChI is InChI=1S/C63H102N2.2C27H55.Ni/c1-4-7-10-12-14-16-18-20-22-24-26-28-30-32-34-36-38-40-43-49-57-51-45-47-54-60(57)62-56-59(53-42-9-6-3)63(65(62)64)61-55-48-46-52-58(61)50-44-41-39-37-35-33-31-29-27-25-23-21-19-17-15-13-11-8-5-2;2*1-3-5-7-9-11-13-15-17-19-21-23-25-27-26-24-22-20-18-16-14-12-10-8-6-4-2;/h38-41,45-48,51-52,54-56H,4-37,42-44,49-50,53H2,1-3H3;2*1,3-27H2,2H3;/q;2*-1;+2. The number of aryl methyl sites for hydroxylation is 2. The van der Waals surface area contributed by atoms with Gasteiger partial charge in [-0.15, -0.1) is 0 Å². The van der Waals surface area contributed by atoms with Crippen molar-refractivity contribution < 1.29 is 21.2 Å². The third-order valence-electron chi connectivity index (χ3n) is 26.3. The van der Waals surface area contributed by atoms with Gasteiger partial charge < -0.3 is 19.4 Å². The molecule has 0 fully saturated rings. The fraction of sp³-hybridized carbons (Fsp3) is 0.812. The number of unbranched alkanes of at least 4 members (excludes halogenated alkanes) is 80. The van der Waals surface area contributed by atoms with Crippen LogP contribution in [-0.4, -0.2) is 4.70 Å². The monoisotopic (exact) mass is 1700 g/mol. The van der Waals surface area contributed by atoms with Crippen molar-refractivity contribution in [2.45, 2.75) is 612 Å². The SMILES string of the molecule is CCCCCCCCCCCCCCCCCC=CCCc1ccccc1C1=CC(CCCCC)=C(c2ccccc2CCC=CCCCCCCCCCCCCCCCCC)[N+]1=[N-].[CH2-]CCCCCCCCCCCCCCCCCCCCCCCCCC.[CH2-]CCCCCCCCCCCCCCCCCCCCCCCCCC.[Ni+2]. The molecule has 3 rings (SSSR count). The van der Waals surface area contributed by atoms with Gasteiger partial charge in [0.1, 0.15) is 0 Å². The van der Waals surface area contributed by atoms with Crippen LogP contribution in [0, 0.1) is 13.8 Å². The third kappa shape index (κ3) is 78.9. The van der Waals surface area contributed by atoms with E-state index in [1.165, 1.54) is 553 Å². The normalized spacial score (nSPS) is 12.2. The van der Waals surface area contributed by atoms with Crippen molar-refractivity contribution in [3.63, 3.8) is 0 Å². The Bertz CT molecular complexity index is 2360. The van der Waals surface area contributed by atoms with E-state index in [4.69, 9.17) is 0 Å². The zero-order valence-electron chi connectivity index (χ0n) is 82.3. The Balaban J connectivity index is 0.00000212. The van der Waals surface area contributed by atoms with E-state index >= 15 is 0 Å². The Kier molecular flexibility index (Phi) is 98.2. The molecule has 2 nitrogen and oxygen atoms in total. The number of benzene rings is 2. The minimum Gasteiger partial charge on any atom is -0.493 e. The van der Waals surface area contributed by atoms with Crippen LogP contribution in [0.1, 0.15) is 622 Å². The molecule has 0 aliphatic carbocycles. The second kappa shape index (κ2) is 100. The van der Waals surface area contributed by atoms with Crippen LogP contribution in [0.5, 0.6) is 0 Å². The molecule has 1 aliphatic heterocycles.